The van der Waals surface area contributed by atoms with Crippen LogP contribution < -0.4 is 0 Å². The van der Waals surface area contributed by atoms with Crippen molar-refractivity contribution in [1.29, 1.82) is 0 Å². The van der Waals surface area contributed by atoms with Gasteiger partial charge in [0.05, 0.1) is 36.0 Å². The molecule has 4 aliphatic rings. The van der Waals surface area contributed by atoms with E-state index in [1.165, 1.54) is 4.70 Å². The van der Waals surface area contributed by atoms with E-state index in [4.69, 9.17) is 9.47 Å². The molecule has 0 amide bonds. The Bertz CT molecular complexity index is 1840. The van der Waals surface area contributed by atoms with Crippen LogP contribution in [0.5, 0.6) is 0 Å². The Morgan fingerprint density at radius 3 is 2.17 bits per heavy atom. The van der Waals surface area contributed by atoms with Crippen molar-refractivity contribution in [3.8, 4) is 0 Å². The predicted octanol–water partition coefficient (Wildman–Crippen LogP) is 8.31. The van der Waals surface area contributed by atoms with Crippen LogP contribution in [0.1, 0.15) is 83.3 Å². The number of hydrogen-bond donors (Lipinski definition) is 2. The molecule has 0 bridgehead atoms. The van der Waals surface area contributed by atoms with Gasteiger partial charge in [-0.1, -0.05) is 56.2 Å². The fourth-order valence-electron chi connectivity index (χ4n) is 9.70. The van der Waals surface area contributed by atoms with Crippen molar-refractivity contribution in [2.24, 2.45) is 22.7 Å². The monoisotopic (exact) mass is 768 g/mol. The number of fused-ring (bicyclic) bond motifs is 4. The van der Waals surface area contributed by atoms with Gasteiger partial charge in [-0.2, -0.15) is 13.2 Å². The third kappa shape index (κ3) is 6.76. The first-order valence-corrected chi connectivity index (χ1v) is 21.3. The third-order valence-corrected chi connectivity index (χ3v) is 16.8. The highest BCUT2D eigenvalue weighted by Gasteiger charge is 2.76. The smallest absolute Gasteiger partial charge is 0.386 e. The Morgan fingerprint density at radius 1 is 0.904 bits per heavy atom. The van der Waals surface area contributed by atoms with Gasteiger partial charge in [-0.25, -0.2) is 12.8 Å². The highest BCUT2D eigenvalue weighted by Crippen LogP contribution is 2.70. The van der Waals surface area contributed by atoms with E-state index in [2.05, 4.69) is 0 Å². The summed E-state index contributed by atoms with van der Waals surface area (Å²) in [4.78, 5) is 0.955. The molecule has 1 saturated heterocycles. The predicted molar refractivity (Wildman–Crippen MR) is 196 cm³/mol. The van der Waals surface area contributed by atoms with E-state index in [1.54, 1.807) is 31.2 Å². The first-order chi connectivity index (χ1) is 24.1. The highest BCUT2D eigenvalue weighted by molar-refractivity contribution is 8.28. The number of ether oxygens (including phenoxy) is 2. The molecule has 6 nitrogen and oxygen atoms in total. The number of aliphatic hydroxyl groups is 2. The Labute approximate surface area is 307 Å². The summed E-state index contributed by atoms with van der Waals surface area (Å²) in [5, 5.41) is 24.3. The SMILES string of the molecule is Cc1ccc(S(=O)(=O)C=S(C)c2ccc(C3CC4(C)C(CCC4(O)C(C)(F)C(F)(F)F)C4CCC5(O)COCC(C)(C)COCCC5=C34)cc2)cc1. The maximum Gasteiger partial charge on any atom is 0.425 e. The van der Waals surface area contributed by atoms with Gasteiger partial charge in [0.1, 0.15) is 11.2 Å². The van der Waals surface area contributed by atoms with Crippen LogP contribution in [0.25, 0.3) is 0 Å². The molecule has 6 rings (SSSR count). The molecule has 2 aromatic rings. The number of allylic oxidation sites excluding steroid dienone is 1. The van der Waals surface area contributed by atoms with Crippen molar-refractivity contribution in [3.05, 3.63) is 70.8 Å². The van der Waals surface area contributed by atoms with Gasteiger partial charge in [-0.15, -0.1) is 10.5 Å². The van der Waals surface area contributed by atoms with Crippen LogP contribution in [0.15, 0.2) is 69.5 Å². The molecule has 288 valence electrons. The Hall–Kier alpha value is -2.09. The minimum Gasteiger partial charge on any atom is -0.386 e. The lowest BCUT2D eigenvalue weighted by Crippen LogP contribution is -2.66. The molecule has 1 heterocycles. The number of hydrogen-bond acceptors (Lipinski definition) is 6. The first kappa shape index (κ1) is 39.6. The van der Waals surface area contributed by atoms with Crippen LogP contribution in [0.2, 0.25) is 0 Å². The highest BCUT2D eigenvalue weighted by atomic mass is 32.2. The molecule has 2 saturated carbocycles. The molecule has 2 N–H and O–H groups in total. The summed E-state index contributed by atoms with van der Waals surface area (Å²) in [6.07, 6.45) is -2.37. The van der Waals surface area contributed by atoms with Crippen LogP contribution in [0.4, 0.5) is 17.6 Å². The van der Waals surface area contributed by atoms with Crippen molar-refractivity contribution < 1.29 is 45.7 Å². The topological polar surface area (TPSA) is 93.1 Å². The summed E-state index contributed by atoms with van der Waals surface area (Å²) < 4.78 is 99.3. The largest absolute Gasteiger partial charge is 0.425 e. The Balaban J connectivity index is 1.45. The second-order valence-electron chi connectivity index (χ2n) is 16.8. The third-order valence-electron chi connectivity index (χ3n) is 12.7. The van der Waals surface area contributed by atoms with Crippen LogP contribution in [0.3, 0.4) is 0 Å². The average Bonchev–Trinajstić information content (AvgIpc) is 3.34. The normalized spacial score (nSPS) is 34.5. The van der Waals surface area contributed by atoms with Crippen molar-refractivity contribution in [3.63, 3.8) is 0 Å². The summed E-state index contributed by atoms with van der Waals surface area (Å²) in [6.45, 7) is 9.29. The minimum atomic E-state index is -5.28. The van der Waals surface area contributed by atoms with Gasteiger partial charge < -0.3 is 19.7 Å². The summed E-state index contributed by atoms with van der Waals surface area (Å²) in [5.41, 5.74) is -6.15. The van der Waals surface area contributed by atoms with Gasteiger partial charge in [0, 0.05) is 21.6 Å². The Morgan fingerprint density at radius 2 is 1.54 bits per heavy atom. The number of rotatable bonds is 5. The first-order valence-electron chi connectivity index (χ1n) is 18.1. The fraction of sp³-hybridized carbons (Fsp3) is 0.625. The lowest BCUT2D eigenvalue weighted by molar-refractivity contribution is -0.306. The fourth-order valence-corrected chi connectivity index (χ4v) is 13.2. The molecule has 0 radical (unpaired) electrons. The quantitative estimate of drug-likeness (QED) is 0.181. The molecular weight excluding hydrogens is 717 g/mol. The Kier molecular flexibility index (Phi) is 10.3. The summed E-state index contributed by atoms with van der Waals surface area (Å²) in [5.74, 6) is -1.30. The van der Waals surface area contributed by atoms with Crippen molar-refractivity contribution in [2.75, 3.05) is 32.7 Å². The molecule has 1 aliphatic heterocycles. The van der Waals surface area contributed by atoms with Crippen LogP contribution in [-0.2, 0) is 19.3 Å². The summed E-state index contributed by atoms with van der Waals surface area (Å²) in [7, 11) is -4.51. The molecule has 52 heavy (non-hydrogen) atoms. The van der Waals surface area contributed by atoms with Gasteiger partial charge in [0.25, 0.3) is 0 Å². The van der Waals surface area contributed by atoms with Gasteiger partial charge >= 0.3 is 6.18 Å². The molecule has 2 aromatic carbocycles. The van der Waals surface area contributed by atoms with E-state index in [9.17, 15) is 31.8 Å². The van der Waals surface area contributed by atoms with Crippen molar-refractivity contribution in [2.45, 2.75) is 112 Å². The van der Waals surface area contributed by atoms with Gasteiger partial charge in [0.15, 0.2) is 0 Å². The lowest BCUT2D eigenvalue weighted by Gasteiger charge is -2.58. The lowest BCUT2D eigenvalue weighted by atomic mass is 9.49. The second-order valence-corrected chi connectivity index (χ2v) is 20.7. The van der Waals surface area contributed by atoms with E-state index in [-0.39, 0.29) is 42.1 Å². The van der Waals surface area contributed by atoms with E-state index in [1.807, 2.05) is 51.3 Å². The van der Waals surface area contributed by atoms with Gasteiger partial charge in [-0.05, 0) is 106 Å². The van der Waals surface area contributed by atoms with Gasteiger partial charge in [-0.3, -0.25) is 0 Å². The molecule has 8 atom stereocenters. The van der Waals surface area contributed by atoms with Crippen LogP contribution in [-0.4, -0.2) is 79.1 Å². The van der Waals surface area contributed by atoms with E-state index < -0.39 is 60.6 Å². The number of benzene rings is 2. The maximum absolute atomic E-state index is 16.1. The molecule has 3 fully saturated rings. The number of sulfone groups is 1. The molecule has 12 heteroatoms. The maximum atomic E-state index is 16.1. The standard InChI is InChI=1S/C40H52F4O6S2/c1-26-7-13-29(14-8-26)52(47,48)25-51(6)28-11-9-27(10-12-28)31-21-36(4)32(16-19-39(36,46)37(5,41)40(42,43)44)30-15-18-38(45)24-50-23-35(2,3)22-49-20-17-33(38)34(30)31/h7-14,25,30-32,45-46H,15-24H2,1-6H3. The molecule has 3 aliphatic carbocycles. The van der Waals surface area contributed by atoms with Crippen LogP contribution in [0, 0.1) is 29.6 Å². The summed E-state index contributed by atoms with van der Waals surface area (Å²) >= 11 is 0. The zero-order valence-electron chi connectivity index (χ0n) is 30.9. The van der Waals surface area contributed by atoms with Crippen molar-refractivity contribution >= 4 is 25.0 Å². The number of aryl methyl sites for hydroxylation is 1. The molecule has 0 aromatic heterocycles. The van der Waals surface area contributed by atoms with Gasteiger partial charge in [0.2, 0.25) is 15.5 Å². The number of alkyl halides is 4. The molecule has 8 unspecified atom stereocenters. The zero-order valence-corrected chi connectivity index (χ0v) is 32.5. The molecule has 0 spiro atoms. The van der Waals surface area contributed by atoms with Crippen LogP contribution >= 0.6 is 10.5 Å². The molecular formula is C40H52F4O6S2. The zero-order chi connectivity index (χ0) is 38.1. The van der Waals surface area contributed by atoms with Crippen molar-refractivity contribution in [1.82, 2.24) is 0 Å². The van der Waals surface area contributed by atoms with E-state index >= 15 is 4.39 Å². The average molecular weight is 769 g/mol. The van der Waals surface area contributed by atoms with E-state index in [0.29, 0.717) is 46.0 Å². The second kappa shape index (κ2) is 13.6. The number of halogens is 4. The van der Waals surface area contributed by atoms with E-state index in [0.717, 1.165) is 27.2 Å². The summed E-state index contributed by atoms with van der Waals surface area (Å²) in [6, 6.07) is 14.0. The minimum absolute atomic E-state index is 0.0367.